The molecule has 1 aromatic heterocycles. The number of carbonyl (C=O) groups excluding carboxylic acids is 1. The van der Waals surface area contributed by atoms with Crippen LogP contribution in [0.3, 0.4) is 0 Å². The van der Waals surface area contributed by atoms with Crippen molar-refractivity contribution in [1.29, 1.82) is 0 Å². The highest BCUT2D eigenvalue weighted by Crippen LogP contribution is 2.33. The van der Waals surface area contributed by atoms with E-state index in [-0.39, 0.29) is 5.97 Å². The Balaban J connectivity index is 1.43. The van der Waals surface area contributed by atoms with Crippen LogP contribution in [0.15, 0.2) is 35.5 Å². The van der Waals surface area contributed by atoms with Gasteiger partial charge in [0.05, 0.1) is 13.0 Å². The summed E-state index contributed by atoms with van der Waals surface area (Å²) in [4.78, 5) is 16.8. The molecular weight excluding hydrogens is 370 g/mol. The van der Waals surface area contributed by atoms with Crippen molar-refractivity contribution in [1.82, 2.24) is 14.8 Å². The molecular formula is C22H31N3O2S. The van der Waals surface area contributed by atoms with E-state index in [1.165, 1.54) is 18.4 Å². The Kier molecular flexibility index (Phi) is 7.95. The van der Waals surface area contributed by atoms with Crippen molar-refractivity contribution in [3.63, 3.8) is 0 Å². The number of hydrogen-bond donors (Lipinski definition) is 0. The quantitative estimate of drug-likeness (QED) is 0.389. The van der Waals surface area contributed by atoms with Gasteiger partial charge in [-0.1, -0.05) is 75.2 Å². The second kappa shape index (κ2) is 10.6. The summed E-state index contributed by atoms with van der Waals surface area (Å²) in [6.45, 7) is 5.81. The van der Waals surface area contributed by atoms with Gasteiger partial charge in [-0.3, -0.25) is 4.79 Å². The number of aryl methyl sites for hydroxylation is 1. The number of aromatic nitrogens is 3. The first-order valence-corrected chi connectivity index (χ1v) is 11.5. The molecule has 0 spiro atoms. The molecule has 3 rings (SSSR count). The Morgan fingerprint density at radius 2 is 2.14 bits per heavy atom. The van der Waals surface area contributed by atoms with Crippen LogP contribution in [-0.4, -0.2) is 33.1 Å². The van der Waals surface area contributed by atoms with Crippen molar-refractivity contribution < 1.29 is 9.53 Å². The van der Waals surface area contributed by atoms with E-state index in [0.29, 0.717) is 30.6 Å². The van der Waals surface area contributed by atoms with Crippen LogP contribution >= 0.6 is 11.8 Å². The predicted octanol–water partition coefficient (Wildman–Crippen LogP) is 5.06. The van der Waals surface area contributed by atoms with Gasteiger partial charge in [-0.25, -0.2) is 9.67 Å². The molecule has 0 aliphatic carbocycles. The lowest BCUT2D eigenvalue weighted by Crippen LogP contribution is -2.14. The minimum Gasteiger partial charge on any atom is -0.465 e. The van der Waals surface area contributed by atoms with Crippen LogP contribution in [0, 0.1) is 5.92 Å². The summed E-state index contributed by atoms with van der Waals surface area (Å²) in [7, 11) is 0. The molecule has 0 saturated carbocycles. The van der Waals surface area contributed by atoms with Crippen molar-refractivity contribution in [2.45, 2.75) is 70.0 Å². The van der Waals surface area contributed by atoms with Gasteiger partial charge in [-0.15, -0.1) is 5.10 Å². The summed E-state index contributed by atoms with van der Waals surface area (Å²) in [5.74, 6) is 2.39. The number of rotatable bonds is 11. The predicted molar refractivity (Wildman–Crippen MR) is 113 cm³/mol. The molecule has 28 heavy (non-hydrogen) atoms. The molecule has 2 unspecified atom stereocenters. The van der Waals surface area contributed by atoms with Crippen LogP contribution in [0.1, 0.15) is 69.7 Å². The Hall–Kier alpha value is -1.82. The number of carbonyl (C=O) groups is 1. The molecule has 0 amide bonds. The normalized spacial score (nSPS) is 16.7. The van der Waals surface area contributed by atoms with E-state index in [1.54, 1.807) is 11.8 Å². The van der Waals surface area contributed by atoms with Crippen molar-refractivity contribution in [3.8, 4) is 0 Å². The third-order valence-electron chi connectivity index (χ3n) is 5.38. The largest absolute Gasteiger partial charge is 0.465 e. The van der Waals surface area contributed by atoms with Gasteiger partial charge in [0.25, 0.3) is 0 Å². The first-order valence-electron chi connectivity index (χ1n) is 10.5. The van der Waals surface area contributed by atoms with Crippen LogP contribution in [0.4, 0.5) is 0 Å². The maximum atomic E-state index is 12.0. The molecule has 2 atom stereocenters. The first-order chi connectivity index (χ1) is 13.7. The Labute approximate surface area is 172 Å². The number of hydrogen-bond acceptors (Lipinski definition) is 5. The van der Waals surface area contributed by atoms with Gasteiger partial charge < -0.3 is 4.74 Å². The minimum absolute atomic E-state index is 0.114. The Bertz CT molecular complexity index is 747. The molecule has 0 fully saturated rings. The van der Waals surface area contributed by atoms with E-state index >= 15 is 0 Å². The monoisotopic (exact) mass is 401 g/mol. The number of ether oxygens (including phenoxy) is 1. The van der Waals surface area contributed by atoms with E-state index in [0.717, 1.165) is 36.8 Å². The first kappa shape index (κ1) is 20.9. The standard InChI is InChI=1S/C22H31N3O2S/c1-3-5-9-17(4-2)16-27-20(26)13-15-28-22-23-21-19(12-14-25(21)24-22)18-10-7-6-8-11-18/h6-8,10-11,17,19H,3-5,9,12-16H2,1-2H3. The number of esters is 1. The third-order valence-corrected chi connectivity index (χ3v) is 6.22. The molecule has 0 N–H and O–H groups in total. The lowest BCUT2D eigenvalue weighted by Gasteiger charge is -2.14. The van der Waals surface area contributed by atoms with Gasteiger partial charge in [0, 0.05) is 18.2 Å². The van der Waals surface area contributed by atoms with Crippen LogP contribution in [0.2, 0.25) is 0 Å². The molecule has 0 radical (unpaired) electrons. The smallest absolute Gasteiger partial charge is 0.306 e. The van der Waals surface area contributed by atoms with Gasteiger partial charge in [0.1, 0.15) is 5.82 Å². The second-order valence-electron chi connectivity index (χ2n) is 7.43. The maximum Gasteiger partial charge on any atom is 0.306 e. The summed E-state index contributed by atoms with van der Waals surface area (Å²) in [6, 6.07) is 10.5. The summed E-state index contributed by atoms with van der Waals surface area (Å²) < 4.78 is 7.48. The third kappa shape index (κ3) is 5.60. The van der Waals surface area contributed by atoms with Gasteiger partial charge in [-0.05, 0) is 24.3 Å². The molecule has 5 nitrogen and oxygen atoms in total. The summed E-state index contributed by atoms with van der Waals surface area (Å²) >= 11 is 1.54. The number of thioether (sulfide) groups is 1. The Morgan fingerprint density at radius 3 is 2.89 bits per heavy atom. The lowest BCUT2D eigenvalue weighted by atomic mass is 9.97. The number of fused-ring (bicyclic) bond motifs is 1. The molecule has 152 valence electrons. The molecule has 1 aliphatic heterocycles. The van der Waals surface area contributed by atoms with E-state index in [1.807, 2.05) is 10.7 Å². The fourth-order valence-corrected chi connectivity index (χ4v) is 4.37. The van der Waals surface area contributed by atoms with Crippen LogP contribution in [0.25, 0.3) is 0 Å². The highest BCUT2D eigenvalue weighted by atomic mass is 32.2. The molecule has 1 aliphatic rings. The zero-order valence-corrected chi connectivity index (χ0v) is 17.8. The van der Waals surface area contributed by atoms with E-state index in [4.69, 9.17) is 9.72 Å². The number of benzene rings is 1. The van der Waals surface area contributed by atoms with Crippen LogP contribution < -0.4 is 0 Å². The zero-order chi connectivity index (χ0) is 19.8. The van der Waals surface area contributed by atoms with Crippen LogP contribution in [0.5, 0.6) is 0 Å². The summed E-state index contributed by atoms with van der Waals surface area (Å²) in [5, 5.41) is 5.36. The van der Waals surface area contributed by atoms with Gasteiger partial charge in [0.2, 0.25) is 5.16 Å². The van der Waals surface area contributed by atoms with Gasteiger partial charge in [0.15, 0.2) is 0 Å². The summed E-state index contributed by atoms with van der Waals surface area (Å²) in [5.41, 5.74) is 1.29. The second-order valence-corrected chi connectivity index (χ2v) is 8.49. The zero-order valence-electron chi connectivity index (χ0n) is 17.0. The highest BCUT2D eigenvalue weighted by Gasteiger charge is 2.27. The van der Waals surface area contributed by atoms with E-state index in [9.17, 15) is 4.79 Å². The average molecular weight is 402 g/mol. The van der Waals surface area contributed by atoms with Crippen LogP contribution in [-0.2, 0) is 16.1 Å². The van der Waals surface area contributed by atoms with Crippen molar-refractivity contribution in [2.24, 2.45) is 5.92 Å². The fraction of sp³-hybridized carbons (Fsp3) is 0.591. The fourth-order valence-electron chi connectivity index (χ4n) is 3.60. The van der Waals surface area contributed by atoms with Crippen molar-refractivity contribution >= 4 is 17.7 Å². The van der Waals surface area contributed by atoms with E-state index in [2.05, 4.69) is 43.2 Å². The molecule has 6 heteroatoms. The summed E-state index contributed by atoms with van der Waals surface area (Å²) in [6.07, 6.45) is 6.05. The molecule has 2 heterocycles. The topological polar surface area (TPSA) is 57.0 Å². The maximum absolute atomic E-state index is 12.0. The molecule has 2 aromatic rings. The van der Waals surface area contributed by atoms with Crippen molar-refractivity contribution in [3.05, 3.63) is 41.7 Å². The SMILES string of the molecule is CCCCC(CC)COC(=O)CCSc1nc2n(n1)CCC2c1ccccc1. The molecule has 1 aromatic carbocycles. The minimum atomic E-state index is -0.114. The van der Waals surface area contributed by atoms with Gasteiger partial charge in [-0.2, -0.15) is 0 Å². The van der Waals surface area contributed by atoms with E-state index < -0.39 is 0 Å². The lowest BCUT2D eigenvalue weighted by molar-refractivity contribution is -0.144. The average Bonchev–Trinajstić information content (AvgIpc) is 3.29. The van der Waals surface area contributed by atoms with Gasteiger partial charge >= 0.3 is 5.97 Å². The Morgan fingerprint density at radius 1 is 1.32 bits per heavy atom. The highest BCUT2D eigenvalue weighted by molar-refractivity contribution is 7.99. The molecule has 0 bridgehead atoms. The van der Waals surface area contributed by atoms with Crippen molar-refractivity contribution in [2.75, 3.05) is 12.4 Å². The number of unbranched alkanes of at least 4 members (excludes halogenated alkanes) is 1. The number of nitrogens with zero attached hydrogens (tertiary/aromatic N) is 3. The molecule has 0 saturated heterocycles.